The predicted octanol–water partition coefficient (Wildman–Crippen LogP) is 3.10. The van der Waals surface area contributed by atoms with Crippen molar-refractivity contribution in [2.45, 2.75) is 6.18 Å². The number of nitrogens with zero attached hydrogens (tertiary/aromatic N) is 1. The van der Waals surface area contributed by atoms with Crippen LogP contribution in [0.4, 0.5) is 19.0 Å². The fourth-order valence-corrected chi connectivity index (χ4v) is 1.17. The number of aromatic nitrogens is 1. The van der Waals surface area contributed by atoms with Gasteiger partial charge in [0.05, 0.1) is 10.0 Å². The molecule has 0 aliphatic heterocycles. The van der Waals surface area contributed by atoms with Crippen LogP contribution in [0.5, 0.6) is 0 Å². The Balaban J connectivity index is 3.32. The van der Waals surface area contributed by atoms with Crippen molar-refractivity contribution in [1.29, 1.82) is 0 Å². The third kappa shape index (κ3) is 2.25. The van der Waals surface area contributed by atoms with Crippen molar-refractivity contribution in [2.75, 3.05) is 5.73 Å². The zero-order valence-electron chi connectivity index (χ0n) is 5.99. The van der Waals surface area contributed by atoms with E-state index < -0.39 is 17.6 Å². The number of pyridine rings is 1. The molecular formula is C6H3BrClF3N2. The van der Waals surface area contributed by atoms with Gasteiger partial charge in [0.1, 0.15) is 11.0 Å². The number of hydrogen-bond donors (Lipinski definition) is 1. The van der Waals surface area contributed by atoms with Gasteiger partial charge in [0, 0.05) is 0 Å². The third-order valence-corrected chi connectivity index (χ3v) is 2.39. The lowest BCUT2D eigenvalue weighted by Crippen LogP contribution is -2.10. The summed E-state index contributed by atoms with van der Waals surface area (Å²) in [6, 6.07) is 0.796. The van der Waals surface area contributed by atoms with Gasteiger partial charge in [0.15, 0.2) is 0 Å². The fourth-order valence-electron chi connectivity index (χ4n) is 0.707. The molecule has 0 amide bonds. The summed E-state index contributed by atoms with van der Waals surface area (Å²) in [5, 5.41) is -0.0921. The molecule has 72 valence electrons. The highest BCUT2D eigenvalue weighted by Gasteiger charge is 2.34. The summed E-state index contributed by atoms with van der Waals surface area (Å²) in [5.41, 5.74) is 4.04. The van der Waals surface area contributed by atoms with E-state index in [2.05, 4.69) is 20.9 Å². The van der Waals surface area contributed by atoms with Crippen molar-refractivity contribution in [2.24, 2.45) is 0 Å². The minimum absolute atomic E-state index is 0.0655. The molecule has 0 aliphatic carbocycles. The van der Waals surface area contributed by atoms with Gasteiger partial charge >= 0.3 is 6.18 Å². The second kappa shape index (κ2) is 3.34. The zero-order chi connectivity index (χ0) is 10.2. The first-order valence-corrected chi connectivity index (χ1v) is 4.18. The van der Waals surface area contributed by atoms with E-state index in [1.165, 1.54) is 0 Å². The van der Waals surface area contributed by atoms with E-state index in [0.29, 0.717) is 0 Å². The van der Waals surface area contributed by atoms with Gasteiger partial charge in [-0.15, -0.1) is 0 Å². The SMILES string of the molecule is Nc1nc(Cl)c(Br)cc1C(F)(F)F. The molecule has 0 unspecified atom stereocenters. The molecule has 1 heterocycles. The lowest BCUT2D eigenvalue weighted by Gasteiger charge is -2.09. The lowest BCUT2D eigenvalue weighted by atomic mass is 10.2. The molecule has 0 atom stereocenters. The Morgan fingerprint density at radius 3 is 2.46 bits per heavy atom. The van der Waals surface area contributed by atoms with Gasteiger partial charge in [0.25, 0.3) is 0 Å². The second-order valence-electron chi connectivity index (χ2n) is 2.19. The first kappa shape index (κ1) is 10.6. The third-order valence-electron chi connectivity index (χ3n) is 1.27. The number of anilines is 1. The van der Waals surface area contributed by atoms with E-state index in [9.17, 15) is 13.2 Å². The van der Waals surface area contributed by atoms with Crippen molar-refractivity contribution in [3.63, 3.8) is 0 Å². The number of rotatable bonds is 0. The van der Waals surface area contributed by atoms with Crippen molar-refractivity contribution in [3.05, 3.63) is 21.3 Å². The molecule has 0 radical (unpaired) electrons. The molecule has 13 heavy (non-hydrogen) atoms. The summed E-state index contributed by atoms with van der Waals surface area (Å²) in [5.74, 6) is -0.624. The average Bonchev–Trinajstić information content (AvgIpc) is 1.94. The van der Waals surface area contributed by atoms with Gasteiger partial charge in [-0.05, 0) is 22.0 Å². The van der Waals surface area contributed by atoms with Crippen LogP contribution in [0.2, 0.25) is 5.15 Å². The largest absolute Gasteiger partial charge is 0.419 e. The van der Waals surface area contributed by atoms with Crippen LogP contribution >= 0.6 is 27.5 Å². The minimum Gasteiger partial charge on any atom is -0.383 e. The Morgan fingerprint density at radius 2 is 2.00 bits per heavy atom. The molecule has 7 heteroatoms. The highest BCUT2D eigenvalue weighted by Crippen LogP contribution is 2.36. The molecule has 2 nitrogen and oxygen atoms in total. The number of alkyl halides is 3. The summed E-state index contributed by atoms with van der Waals surface area (Å²) in [6.07, 6.45) is -4.51. The van der Waals surface area contributed by atoms with E-state index in [1.807, 2.05) is 0 Å². The van der Waals surface area contributed by atoms with Crippen LogP contribution in [0.15, 0.2) is 10.5 Å². The molecule has 0 fully saturated rings. The average molecular weight is 275 g/mol. The maximum Gasteiger partial charge on any atom is 0.419 e. The molecule has 1 aromatic rings. The minimum atomic E-state index is -4.51. The molecule has 0 saturated heterocycles. The van der Waals surface area contributed by atoms with Gasteiger partial charge in [-0.3, -0.25) is 0 Å². The maximum atomic E-state index is 12.2. The quantitative estimate of drug-likeness (QED) is 0.739. The Bertz CT molecular complexity index is 339. The first-order chi connectivity index (χ1) is 5.82. The lowest BCUT2D eigenvalue weighted by molar-refractivity contribution is -0.137. The van der Waals surface area contributed by atoms with Crippen LogP contribution in [0.25, 0.3) is 0 Å². The van der Waals surface area contributed by atoms with Crippen LogP contribution in [0.3, 0.4) is 0 Å². The Morgan fingerprint density at radius 1 is 1.46 bits per heavy atom. The topological polar surface area (TPSA) is 38.9 Å². The number of hydrogen-bond acceptors (Lipinski definition) is 2. The summed E-state index contributed by atoms with van der Waals surface area (Å²) in [6.45, 7) is 0. The standard InChI is InChI=1S/C6H3BrClF3N2/c7-3-1-2(6(9,10)11)5(12)13-4(3)8/h1H,(H2,12,13). The molecular weight excluding hydrogens is 272 g/mol. The van der Waals surface area contributed by atoms with Gasteiger partial charge in [-0.25, -0.2) is 4.98 Å². The van der Waals surface area contributed by atoms with E-state index in [0.717, 1.165) is 6.07 Å². The molecule has 0 aliphatic rings. The highest BCUT2D eigenvalue weighted by molar-refractivity contribution is 9.10. The van der Waals surface area contributed by atoms with Crippen molar-refractivity contribution < 1.29 is 13.2 Å². The van der Waals surface area contributed by atoms with Crippen LogP contribution in [-0.2, 0) is 6.18 Å². The summed E-state index contributed by atoms with van der Waals surface area (Å²) in [4.78, 5) is 3.32. The van der Waals surface area contributed by atoms with E-state index in [1.54, 1.807) is 0 Å². The van der Waals surface area contributed by atoms with Crippen LogP contribution in [0, 0.1) is 0 Å². The normalized spacial score (nSPS) is 11.8. The predicted molar refractivity (Wildman–Crippen MR) is 46.4 cm³/mol. The summed E-state index contributed by atoms with van der Waals surface area (Å²) in [7, 11) is 0. The number of halogens is 5. The van der Waals surface area contributed by atoms with Crippen LogP contribution in [-0.4, -0.2) is 4.98 Å². The van der Waals surface area contributed by atoms with Gasteiger partial charge < -0.3 is 5.73 Å². The molecule has 0 aromatic carbocycles. The summed E-state index contributed by atoms with van der Waals surface area (Å²) < 4.78 is 36.6. The van der Waals surface area contributed by atoms with Crippen molar-refractivity contribution in [1.82, 2.24) is 4.98 Å². The highest BCUT2D eigenvalue weighted by atomic mass is 79.9. The second-order valence-corrected chi connectivity index (χ2v) is 3.40. The van der Waals surface area contributed by atoms with Crippen molar-refractivity contribution >= 4 is 33.3 Å². The Hall–Kier alpha value is -0.490. The van der Waals surface area contributed by atoms with Crippen LogP contribution < -0.4 is 5.73 Å². The Kier molecular flexibility index (Phi) is 2.72. The molecule has 1 aromatic heterocycles. The Labute approximate surface area is 85.0 Å². The molecule has 0 spiro atoms. The smallest absolute Gasteiger partial charge is 0.383 e. The maximum absolute atomic E-state index is 12.2. The van der Waals surface area contributed by atoms with Gasteiger partial charge in [-0.2, -0.15) is 13.2 Å². The fraction of sp³-hybridized carbons (Fsp3) is 0.167. The van der Waals surface area contributed by atoms with Gasteiger partial charge in [0.2, 0.25) is 0 Å². The van der Waals surface area contributed by atoms with E-state index >= 15 is 0 Å². The molecule has 0 bridgehead atoms. The van der Waals surface area contributed by atoms with E-state index in [-0.39, 0.29) is 9.63 Å². The summed E-state index contributed by atoms with van der Waals surface area (Å²) >= 11 is 8.25. The van der Waals surface area contributed by atoms with Crippen LogP contribution in [0.1, 0.15) is 5.56 Å². The number of nitrogens with two attached hydrogens (primary N) is 1. The molecule has 1 rings (SSSR count). The first-order valence-electron chi connectivity index (χ1n) is 3.01. The zero-order valence-corrected chi connectivity index (χ0v) is 8.33. The molecule has 2 N–H and O–H groups in total. The number of nitrogen functional groups attached to an aromatic ring is 1. The van der Waals surface area contributed by atoms with Gasteiger partial charge in [-0.1, -0.05) is 11.6 Å². The molecule has 0 saturated carbocycles. The van der Waals surface area contributed by atoms with Crippen molar-refractivity contribution in [3.8, 4) is 0 Å². The van der Waals surface area contributed by atoms with E-state index in [4.69, 9.17) is 17.3 Å². The monoisotopic (exact) mass is 274 g/mol.